The van der Waals surface area contributed by atoms with Gasteiger partial charge < -0.3 is 9.84 Å². The smallest absolute Gasteiger partial charge is 0.303 e. The number of rotatable bonds is 9. The van der Waals surface area contributed by atoms with Crippen molar-refractivity contribution in [3.05, 3.63) is 48.0 Å². The molecule has 18 heavy (non-hydrogen) atoms. The van der Waals surface area contributed by atoms with Gasteiger partial charge in [0.15, 0.2) is 0 Å². The quantitative estimate of drug-likeness (QED) is 0.538. The number of hydrogen-bond acceptors (Lipinski definition) is 2. The lowest BCUT2D eigenvalue weighted by atomic mass is 10.2. The summed E-state index contributed by atoms with van der Waals surface area (Å²) in [6, 6.07) is 10.1. The van der Waals surface area contributed by atoms with Gasteiger partial charge in [0.25, 0.3) is 0 Å². The van der Waals surface area contributed by atoms with E-state index < -0.39 is 5.97 Å². The Kier molecular flexibility index (Phi) is 7.57. The molecule has 1 aromatic rings. The van der Waals surface area contributed by atoms with Crippen LogP contribution in [0.5, 0.6) is 0 Å². The first kappa shape index (κ1) is 14.5. The van der Waals surface area contributed by atoms with Gasteiger partial charge in [-0.15, -0.1) is 0 Å². The van der Waals surface area contributed by atoms with E-state index in [1.54, 1.807) is 0 Å². The minimum atomic E-state index is -0.745. The number of allylic oxidation sites excluding steroid dienone is 2. The number of carboxylic acids is 1. The monoisotopic (exact) mass is 248 g/mol. The fourth-order valence-electron chi connectivity index (χ4n) is 1.51. The minimum absolute atomic E-state index is 0.209. The molecule has 0 heterocycles. The first-order valence-corrected chi connectivity index (χ1v) is 6.27. The zero-order chi connectivity index (χ0) is 13.1. The Bertz CT molecular complexity index is 357. The van der Waals surface area contributed by atoms with E-state index in [0.717, 1.165) is 19.4 Å². The minimum Gasteiger partial charge on any atom is -0.481 e. The zero-order valence-corrected chi connectivity index (χ0v) is 10.5. The molecule has 98 valence electrons. The van der Waals surface area contributed by atoms with Gasteiger partial charge in [0.05, 0.1) is 6.61 Å². The lowest BCUT2D eigenvalue weighted by molar-refractivity contribution is -0.136. The molecule has 0 unspecified atom stereocenters. The van der Waals surface area contributed by atoms with E-state index in [1.165, 1.54) is 5.56 Å². The molecule has 0 atom stereocenters. The third kappa shape index (κ3) is 7.63. The normalized spacial score (nSPS) is 10.9. The first-order chi connectivity index (χ1) is 8.79. The molecule has 0 amide bonds. The van der Waals surface area contributed by atoms with Crippen LogP contribution in [0.1, 0.15) is 31.2 Å². The van der Waals surface area contributed by atoms with E-state index in [9.17, 15) is 4.79 Å². The van der Waals surface area contributed by atoms with Crippen molar-refractivity contribution in [1.82, 2.24) is 0 Å². The summed E-state index contributed by atoms with van der Waals surface area (Å²) in [5.41, 5.74) is 1.19. The Hall–Kier alpha value is -1.61. The maximum Gasteiger partial charge on any atom is 0.303 e. The summed E-state index contributed by atoms with van der Waals surface area (Å²) in [5.74, 6) is -0.745. The summed E-state index contributed by atoms with van der Waals surface area (Å²) in [6.07, 6.45) is 6.67. The van der Waals surface area contributed by atoms with Gasteiger partial charge in [0.1, 0.15) is 0 Å². The van der Waals surface area contributed by atoms with Gasteiger partial charge in [0.2, 0.25) is 0 Å². The van der Waals surface area contributed by atoms with Gasteiger partial charge >= 0.3 is 5.97 Å². The van der Waals surface area contributed by atoms with Crippen LogP contribution in [0.2, 0.25) is 0 Å². The zero-order valence-electron chi connectivity index (χ0n) is 10.5. The van der Waals surface area contributed by atoms with Gasteiger partial charge in [-0.3, -0.25) is 4.79 Å². The van der Waals surface area contributed by atoms with Crippen molar-refractivity contribution in [3.63, 3.8) is 0 Å². The molecule has 1 aromatic carbocycles. The molecule has 0 spiro atoms. The van der Waals surface area contributed by atoms with Crippen LogP contribution in [0.4, 0.5) is 0 Å². The summed E-state index contributed by atoms with van der Waals surface area (Å²) in [7, 11) is 0. The van der Waals surface area contributed by atoms with Crippen molar-refractivity contribution < 1.29 is 14.6 Å². The Morgan fingerprint density at radius 2 is 1.89 bits per heavy atom. The highest BCUT2D eigenvalue weighted by molar-refractivity contribution is 5.66. The highest BCUT2D eigenvalue weighted by atomic mass is 16.5. The lowest BCUT2D eigenvalue weighted by Gasteiger charge is -2.02. The SMILES string of the molecule is O=C(O)CCC=CCCCOCc1ccccc1. The van der Waals surface area contributed by atoms with Gasteiger partial charge in [-0.1, -0.05) is 42.5 Å². The number of benzene rings is 1. The van der Waals surface area contributed by atoms with Crippen LogP contribution in [0.15, 0.2) is 42.5 Å². The third-order valence-electron chi connectivity index (χ3n) is 2.46. The Morgan fingerprint density at radius 1 is 1.17 bits per heavy atom. The summed E-state index contributed by atoms with van der Waals surface area (Å²) >= 11 is 0. The number of ether oxygens (including phenoxy) is 1. The van der Waals surface area contributed by atoms with Crippen molar-refractivity contribution in [2.75, 3.05) is 6.61 Å². The third-order valence-corrected chi connectivity index (χ3v) is 2.46. The van der Waals surface area contributed by atoms with Crippen LogP contribution in [-0.2, 0) is 16.1 Å². The molecule has 0 fully saturated rings. The fourth-order valence-corrected chi connectivity index (χ4v) is 1.51. The van der Waals surface area contributed by atoms with E-state index >= 15 is 0 Å². The maximum absolute atomic E-state index is 10.3. The fraction of sp³-hybridized carbons (Fsp3) is 0.400. The van der Waals surface area contributed by atoms with Crippen LogP contribution in [0.25, 0.3) is 0 Å². The summed E-state index contributed by atoms with van der Waals surface area (Å²) in [6.45, 7) is 1.39. The van der Waals surface area contributed by atoms with Crippen LogP contribution in [-0.4, -0.2) is 17.7 Å². The average molecular weight is 248 g/mol. The lowest BCUT2D eigenvalue weighted by Crippen LogP contribution is -1.94. The molecule has 0 radical (unpaired) electrons. The molecule has 0 aliphatic carbocycles. The molecule has 0 bridgehead atoms. The number of aliphatic carboxylic acids is 1. The highest BCUT2D eigenvalue weighted by Crippen LogP contribution is 2.02. The molecule has 0 saturated carbocycles. The van der Waals surface area contributed by atoms with Crippen molar-refractivity contribution >= 4 is 5.97 Å². The molecular formula is C15H20O3. The Labute approximate surface area is 108 Å². The number of hydrogen-bond donors (Lipinski definition) is 1. The molecule has 0 aromatic heterocycles. The molecular weight excluding hydrogens is 228 g/mol. The second-order valence-corrected chi connectivity index (χ2v) is 4.08. The predicted molar refractivity (Wildman–Crippen MR) is 71.3 cm³/mol. The summed E-state index contributed by atoms with van der Waals surface area (Å²) in [4.78, 5) is 10.3. The standard InChI is InChI=1S/C15H20O3/c16-15(17)11-7-2-1-3-8-12-18-13-14-9-5-4-6-10-14/h1-2,4-6,9-10H,3,7-8,11-13H2,(H,16,17). The Morgan fingerprint density at radius 3 is 2.61 bits per heavy atom. The molecule has 0 saturated heterocycles. The van der Waals surface area contributed by atoms with E-state index in [4.69, 9.17) is 9.84 Å². The van der Waals surface area contributed by atoms with Gasteiger partial charge in [-0.2, -0.15) is 0 Å². The van der Waals surface area contributed by atoms with Gasteiger partial charge in [-0.05, 0) is 24.8 Å². The van der Waals surface area contributed by atoms with Crippen LogP contribution in [0, 0.1) is 0 Å². The second kappa shape index (κ2) is 9.42. The van der Waals surface area contributed by atoms with Crippen LogP contribution in [0.3, 0.4) is 0 Å². The van der Waals surface area contributed by atoms with Crippen molar-refractivity contribution in [2.24, 2.45) is 0 Å². The van der Waals surface area contributed by atoms with E-state index in [2.05, 4.69) is 0 Å². The van der Waals surface area contributed by atoms with Crippen molar-refractivity contribution in [3.8, 4) is 0 Å². The maximum atomic E-state index is 10.3. The topological polar surface area (TPSA) is 46.5 Å². The summed E-state index contributed by atoms with van der Waals surface area (Å²) < 4.78 is 5.54. The van der Waals surface area contributed by atoms with E-state index in [0.29, 0.717) is 13.0 Å². The van der Waals surface area contributed by atoms with Crippen molar-refractivity contribution in [1.29, 1.82) is 0 Å². The number of carboxylic acid groups (broad SMARTS) is 1. The highest BCUT2D eigenvalue weighted by Gasteiger charge is 1.92. The predicted octanol–water partition coefficient (Wildman–Crippen LogP) is 3.40. The molecule has 3 heteroatoms. The summed E-state index contributed by atoms with van der Waals surface area (Å²) in [5, 5.41) is 8.44. The molecule has 1 N–H and O–H groups in total. The number of unbranched alkanes of at least 4 members (excludes halogenated alkanes) is 1. The van der Waals surface area contributed by atoms with E-state index in [-0.39, 0.29) is 6.42 Å². The number of carbonyl (C=O) groups is 1. The van der Waals surface area contributed by atoms with Gasteiger partial charge in [-0.25, -0.2) is 0 Å². The first-order valence-electron chi connectivity index (χ1n) is 6.27. The van der Waals surface area contributed by atoms with Crippen molar-refractivity contribution in [2.45, 2.75) is 32.3 Å². The molecule has 1 rings (SSSR count). The second-order valence-electron chi connectivity index (χ2n) is 4.08. The Balaban J connectivity index is 1.94. The van der Waals surface area contributed by atoms with Gasteiger partial charge in [0, 0.05) is 13.0 Å². The van der Waals surface area contributed by atoms with Crippen LogP contribution >= 0.6 is 0 Å². The molecule has 0 aliphatic heterocycles. The molecule has 3 nitrogen and oxygen atoms in total. The largest absolute Gasteiger partial charge is 0.481 e. The average Bonchev–Trinajstić information content (AvgIpc) is 2.37. The van der Waals surface area contributed by atoms with Crippen LogP contribution < -0.4 is 0 Å². The van der Waals surface area contributed by atoms with E-state index in [1.807, 2.05) is 42.5 Å². The molecule has 0 aliphatic rings.